The van der Waals surface area contributed by atoms with Crippen LogP contribution in [0.15, 0.2) is 15.8 Å². The molecule has 0 bridgehead atoms. The third-order valence-corrected chi connectivity index (χ3v) is 3.81. The molecule has 21 heavy (non-hydrogen) atoms. The molecule has 0 radical (unpaired) electrons. The normalized spacial score (nSPS) is 26.0. The molecule has 2 rings (SSSR count). The lowest BCUT2D eigenvalue weighted by Gasteiger charge is -2.14. The molecule has 0 aliphatic carbocycles. The molecule has 2 heterocycles. The molecule has 0 saturated carbocycles. The quantitative estimate of drug-likeness (QED) is 0.722. The van der Waals surface area contributed by atoms with Crippen LogP contribution in [0.4, 0.5) is 0 Å². The number of H-pyrrole nitrogens is 1. The van der Waals surface area contributed by atoms with E-state index in [0.717, 1.165) is 0 Å². The lowest BCUT2D eigenvalue weighted by atomic mass is 10.2. The van der Waals surface area contributed by atoms with E-state index in [2.05, 4.69) is 9.51 Å². The summed E-state index contributed by atoms with van der Waals surface area (Å²) < 4.78 is 27.1. The lowest BCUT2D eigenvalue weighted by molar-refractivity contribution is -0.0416. The Balaban J connectivity index is 2.10. The third kappa shape index (κ3) is 3.63. The largest absolute Gasteiger partial charge is 0.697 e. The molecular weight excluding hydrogens is 303 g/mol. The summed E-state index contributed by atoms with van der Waals surface area (Å²) in [6.07, 6.45) is -0.810. The molecule has 4 atom stereocenters. The van der Waals surface area contributed by atoms with Crippen LogP contribution in [0.5, 0.6) is 0 Å². The standard InChI is InChI=1S/C11H15N2O7P/c1-6-4-13(11(16)12-10(6)15)9-3-7(14)8(20-9)5-19-21(17)18-2/h4,7-9,14H,3,5H2,1-2H3/p+1/t7?,8-,9-/m1/s1. The number of aromatic nitrogens is 2. The molecule has 2 unspecified atom stereocenters. The van der Waals surface area contributed by atoms with E-state index in [9.17, 15) is 19.3 Å². The summed E-state index contributed by atoms with van der Waals surface area (Å²) in [4.78, 5) is 25.2. The molecule has 2 N–H and O–H groups in total. The fraction of sp³-hybridized carbons (Fsp3) is 0.636. The van der Waals surface area contributed by atoms with E-state index in [4.69, 9.17) is 9.26 Å². The highest BCUT2D eigenvalue weighted by molar-refractivity contribution is 7.33. The van der Waals surface area contributed by atoms with Gasteiger partial charge in [0, 0.05) is 22.7 Å². The van der Waals surface area contributed by atoms with Crippen LogP contribution in [0.25, 0.3) is 0 Å². The highest BCUT2D eigenvalue weighted by Gasteiger charge is 2.38. The Labute approximate surface area is 120 Å². The van der Waals surface area contributed by atoms with Crippen molar-refractivity contribution in [3.05, 3.63) is 32.6 Å². The van der Waals surface area contributed by atoms with Crippen LogP contribution in [0, 0.1) is 6.92 Å². The van der Waals surface area contributed by atoms with Crippen LogP contribution in [0.3, 0.4) is 0 Å². The van der Waals surface area contributed by atoms with Crippen LogP contribution >= 0.6 is 8.25 Å². The Kier molecular flexibility index (Phi) is 5.02. The van der Waals surface area contributed by atoms with Crippen molar-refractivity contribution in [1.29, 1.82) is 0 Å². The molecule has 0 amide bonds. The molecule has 1 aliphatic heterocycles. The van der Waals surface area contributed by atoms with Gasteiger partial charge in [-0.15, -0.1) is 9.05 Å². The monoisotopic (exact) mass is 319 g/mol. The van der Waals surface area contributed by atoms with Gasteiger partial charge in [0.2, 0.25) is 0 Å². The van der Waals surface area contributed by atoms with Gasteiger partial charge in [-0.25, -0.2) is 4.79 Å². The zero-order valence-electron chi connectivity index (χ0n) is 11.5. The predicted molar refractivity (Wildman–Crippen MR) is 71.2 cm³/mol. The molecule has 116 valence electrons. The number of aliphatic hydroxyl groups is 1. The Morgan fingerprint density at radius 2 is 2.29 bits per heavy atom. The third-order valence-electron chi connectivity index (χ3n) is 3.15. The van der Waals surface area contributed by atoms with Crippen LogP contribution in [0.1, 0.15) is 18.2 Å². The van der Waals surface area contributed by atoms with Gasteiger partial charge in [-0.05, 0) is 6.92 Å². The van der Waals surface area contributed by atoms with E-state index >= 15 is 0 Å². The van der Waals surface area contributed by atoms with E-state index in [1.54, 1.807) is 6.92 Å². The molecule has 1 aromatic heterocycles. The van der Waals surface area contributed by atoms with Crippen molar-refractivity contribution < 1.29 is 23.5 Å². The summed E-state index contributed by atoms with van der Waals surface area (Å²) in [5.41, 5.74) is -0.728. The average molecular weight is 319 g/mol. The fourth-order valence-corrected chi connectivity index (χ4v) is 2.40. The van der Waals surface area contributed by atoms with Gasteiger partial charge in [0.25, 0.3) is 5.56 Å². The Morgan fingerprint density at radius 3 is 2.95 bits per heavy atom. The van der Waals surface area contributed by atoms with Crippen molar-refractivity contribution >= 4 is 8.25 Å². The number of aliphatic hydroxyl groups excluding tert-OH is 1. The molecule has 0 aromatic carbocycles. The smallest absolute Gasteiger partial charge is 0.390 e. The minimum atomic E-state index is -2.25. The van der Waals surface area contributed by atoms with Gasteiger partial charge in [-0.2, -0.15) is 0 Å². The second kappa shape index (κ2) is 6.59. The zero-order valence-corrected chi connectivity index (χ0v) is 12.4. The number of hydrogen-bond acceptors (Lipinski definition) is 7. The summed E-state index contributed by atoms with van der Waals surface area (Å²) in [6.45, 7) is 1.43. The van der Waals surface area contributed by atoms with Crippen LogP contribution < -0.4 is 11.2 Å². The number of nitrogens with zero attached hydrogens (tertiary/aromatic N) is 1. The zero-order chi connectivity index (χ0) is 15.6. The number of aryl methyl sites for hydroxylation is 1. The van der Waals surface area contributed by atoms with Gasteiger partial charge in [0.1, 0.15) is 18.9 Å². The highest BCUT2D eigenvalue weighted by Crippen LogP contribution is 2.30. The fourth-order valence-electron chi connectivity index (χ4n) is 2.02. The maximum Gasteiger partial charge on any atom is 0.697 e. The van der Waals surface area contributed by atoms with Crippen molar-refractivity contribution in [1.82, 2.24) is 9.55 Å². The van der Waals surface area contributed by atoms with Gasteiger partial charge in [-0.1, -0.05) is 0 Å². The van der Waals surface area contributed by atoms with E-state index in [-0.39, 0.29) is 13.0 Å². The van der Waals surface area contributed by atoms with E-state index in [0.29, 0.717) is 5.56 Å². The van der Waals surface area contributed by atoms with Crippen molar-refractivity contribution in [3.63, 3.8) is 0 Å². The van der Waals surface area contributed by atoms with E-state index < -0.39 is 37.9 Å². The van der Waals surface area contributed by atoms with Crippen molar-refractivity contribution in [2.75, 3.05) is 13.7 Å². The Morgan fingerprint density at radius 1 is 1.57 bits per heavy atom. The first-order valence-corrected chi connectivity index (χ1v) is 7.31. The minimum Gasteiger partial charge on any atom is -0.390 e. The van der Waals surface area contributed by atoms with Gasteiger partial charge in [0.05, 0.1) is 13.2 Å². The van der Waals surface area contributed by atoms with E-state index in [1.807, 2.05) is 0 Å². The minimum absolute atomic E-state index is 0.127. The number of rotatable bonds is 5. The number of ether oxygens (including phenoxy) is 1. The van der Waals surface area contributed by atoms with Crippen molar-refractivity contribution in [2.45, 2.75) is 31.8 Å². The van der Waals surface area contributed by atoms with Gasteiger partial charge in [0.15, 0.2) is 0 Å². The Hall–Kier alpha value is -1.38. The second-order valence-corrected chi connectivity index (χ2v) is 5.68. The molecule has 1 fully saturated rings. The highest BCUT2D eigenvalue weighted by atomic mass is 31.1. The van der Waals surface area contributed by atoms with Crippen molar-refractivity contribution in [3.8, 4) is 0 Å². The summed E-state index contributed by atoms with van der Waals surface area (Å²) in [5.74, 6) is 0. The topological polar surface area (TPSA) is 120 Å². The maximum atomic E-state index is 11.8. The number of hydrogen-bond donors (Lipinski definition) is 2. The first-order valence-electron chi connectivity index (χ1n) is 6.22. The molecule has 10 heteroatoms. The Bertz CT molecular complexity index is 640. The molecular formula is C11H16N2O7P+. The number of nitrogens with one attached hydrogen (secondary N) is 1. The predicted octanol–water partition coefficient (Wildman–Crippen LogP) is -0.186. The summed E-state index contributed by atoms with van der Waals surface area (Å²) >= 11 is 0. The van der Waals surface area contributed by atoms with Gasteiger partial charge < -0.3 is 9.84 Å². The molecule has 9 nitrogen and oxygen atoms in total. The van der Waals surface area contributed by atoms with Crippen molar-refractivity contribution in [2.24, 2.45) is 0 Å². The van der Waals surface area contributed by atoms with Crippen LogP contribution in [-0.4, -0.2) is 40.6 Å². The lowest BCUT2D eigenvalue weighted by Crippen LogP contribution is -2.33. The van der Waals surface area contributed by atoms with Gasteiger partial charge >= 0.3 is 13.9 Å². The molecule has 1 saturated heterocycles. The molecule has 0 spiro atoms. The number of aromatic amines is 1. The van der Waals surface area contributed by atoms with Gasteiger partial charge in [-0.3, -0.25) is 14.3 Å². The average Bonchev–Trinajstić information content (AvgIpc) is 2.81. The molecule has 1 aromatic rings. The maximum absolute atomic E-state index is 11.8. The second-order valence-electron chi connectivity index (χ2n) is 4.61. The first-order chi connectivity index (χ1) is 9.92. The van der Waals surface area contributed by atoms with Crippen LogP contribution in [-0.2, 0) is 18.3 Å². The first kappa shape index (κ1) is 16.0. The van der Waals surface area contributed by atoms with E-state index in [1.165, 1.54) is 17.9 Å². The van der Waals surface area contributed by atoms with Crippen LogP contribution in [0.2, 0.25) is 0 Å². The summed E-state index contributed by atoms with van der Waals surface area (Å²) in [5, 5.41) is 9.89. The summed E-state index contributed by atoms with van der Waals surface area (Å²) in [6, 6.07) is 0. The SMILES string of the molecule is CO[P+](=O)OC[C@H]1O[C@@H](n2cc(C)c(=O)[nH]c2=O)CC1O. The summed E-state index contributed by atoms with van der Waals surface area (Å²) in [7, 11) is -1.02. The molecule has 1 aliphatic rings.